The first-order valence-corrected chi connectivity index (χ1v) is 7.35. The van der Waals surface area contributed by atoms with Crippen LogP contribution in [0.15, 0.2) is 22.7 Å². The number of carbonyl (C=O) groups excluding carboxylic acids is 1. The molecule has 0 unspecified atom stereocenters. The van der Waals surface area contributed by atoms with Gasteiger partial charge < -0.3 is 15.2 Å². The molecule has 6 heteroatoms. The van der Waals surface area contributed by atoms with Crippen molar-refractivity contribution in [1.29, 1.82) is 0 Å². The second kappa shape index (κ2) is 6.93. The van der Waals surface area contributed by atoms with Gasteiger partial charge in [-0.05, 0) is 51.0 Å². The van der Waals surface area contributed by atoms with Gasteiger partial charge in [-0.25, -0.2) is 4.79 Å². The van der Waals surface area contributed by atoms with Gasteiger partial charge in [0.2, 0.25) is 0 Å². The number of carboxylic acid groups (broad SMARTS) is 1. The van der Waals surface area contributed by atoms with E-state index in [9.17, 15) is 9.59 Å². The van der Waals surface area contributed by atoms with Gasteiger partial charge in [0.05, 0.1) is 12.5 Å². The molecule has 0 aliphatic carbocycles. The molecule has 0 saturated heterocycles. The summed E-state index contributed by atoms with van der Waals surface area (Å²) in [6.45, 7) is 7.13. The summed E-state index contributed by atoms with van der Waals surface area (Å²) in [5.74, 6) is -0.988. The number of alkyl carbamates (subject to hydrolysis) is 1. The van der Waals surface area contributed by atoms with Gasteiger partial charge in [0.1, 0.15) is 5.60 Å². The average Bonchev–Trinajstić information content (AvgIpc) is 2.24. The van der Waals surface area contributed by atoms with E-state index in [0.717, 1.165) is 15.6 Å². The van der Waals surface area contributed by atoms with E-state index in [1.807, 2.05) is 19.1 Å². The van der Waals surface area contributed by atoms with E-state index in [4.69, 9.17) is 9.84 Å². The number of aryl methyl sites for hydroxylation is 1. The standard InChI is InChI=1S/C15H20BrNO4/c1-9-7-10(16)5-6-11(9)12(8-13(18)19)17-14(20)21-15(2,3)4/h5-7,12H,8H2,1-4H3,(H,17,20)(H,18,19)/t12-/m1/s1. The molecule has 0 aliphatic rings. The summed E-state index contributed by atoms with van der Waals surface area (Å²) in [7, 11) is 0. The van der Waals surface area contributed by atoms with E-state index in [1.54, 1.807) is 26.8 Å². The van der Waals surface area contributed by atoms with E-state index < -0.39 is 23.7 Å². The largest absolute Gasteiger partial charge is 0.481 e. The van der Waals surface area contributed by atoms with Crippen molar-refractivity contribution in [1.82, 2.24) is 5.32 Å². The van der Waals surface area contributed by atoms with E-state index in [-0.39, 0.29) is 6.42 Å². The van der Waals surface area contributed by atoms with Crippen LogP contribution in [0, 0.1) is 6.92 Å². The maximum atomic E-state index is 11.9. The van der Waals surface area contributed by atoms with Crippen molar-refractivity contribution < 1.29 is 19.4 Å². The fraction of sp³-hybridized carbons (Fsp3) is 0.467. The molecule has 1 aromatic carbocycles. The maximum absolute atomic E-state index is 11.9. The predicted octanol–water partition coefficient (Wildman–Crippen LogP) is 3.80. The van der Waals surface area contributed by atoms with Gasteiger partial charge in [-0.15, -0.1) is 0 Å². The van der Waals surface area contributed by atoms with E-state index in [0.29, 0.717) is 0 Å². The Morgan fingerprint density at radius 3 is 2.48 bits per heavy atom. The number of carboxylic acids is 1. The number of hydrogen-bond acceptors (Lipinski definition) is 3. The van der Waals surface area contributed by atoms with E-state index in [1.165, 1.54) is 0 Å². The smallest absolute Gasteiger partial charge is 0.408 e. The summed E-state index contributed by atoms with van der Waals surface area (Å²) in [4.78, 5) is 22.9. The second-order valence-electron chi connectivity index (χ2n) is 5.80. The van der Waals surface area contributed by atoms with E-state index >= 15 is 0 Å². The van der Waals surface area contributed by atoms with Gasteiger partial charge in [-0.2, -0.15) is 0 Å². The molecule has 1 amide bonds. The molecule has 1 atom stereocenters. The molecular formula is C15H20BrNO4. The van der Waals surface area contributed by atoms with Gasteiger partial charge in [-0.1, -0.05) is 22.0 Å². The zero-order valence-corrected chi connectivity index (χ0v) is 14.2. The minimum absolute atomic E-state index is 0.207. The predicted molar refractivity (Wildman–Crippen MR) is 83.2 cm³/mol. The fourth-order valence-electron chi connectivity index (χ4n) is 1.89. The van der Waals surface area contributed by atoms with Crippen LogP contribution in [-0.2, 0) is 9.53 Å². The van der Waals surface area contributed by atoms with Crippen LogP contribution >= 0.6 is 15.9 Å². The number of halogens is 1. The van der Waals surface area contributed by atoms with Crippen molar-refractivity contribution in [2.75, 3.05) is 0 Å². The van der Waals surface area contributed by atoms with Crippen LogP contribution in [-0.4, -0.2) is 22.8 Å². The topological polar surface area (TPSA) is 75.6 Å². The van der Waals surface area contributed by atoms with Crippen molar-refractivity contribution in [2.45, 2.75) is 45.8 Å². The van der Waals surface area contributed by atoms with Crippen LogP contribution in [0.25, 0.3) is 0 Å². The number of aliphatic carboxylic acids is 1. The lowest BCUT2D eigenvalue weighted by atomic mass is 9.99. The van der Waals surface area contributed by atoms with E-state index in [2.05, 4.69) is 21.2 Å². The third-order valence-electron chi connectivity index (χ3n) is 2.68. The van der Waals surface area contributed by atoms with Crippen molar-refractivity contribution in [3.05, 3.63) is 33.8 Å². The monoisotopic (exact) mass is 357 g/mol. The SMILES string of the molecule is Cc1cc(Br)ccc1[C@@H](CC(=O)O)NC(=O)OC(C)(C)C. The minimum Gasteiger partial charge on any atom is -0.481 e. The summed E-state index contributed by atoms with van der Waals surface area (Å²) < 4.78 is 6.08. The Kier molecular flexibility index (Phi) is 5.78. The number of hydrogen-bond donors (Lipinski definition) is 2. The van der Waals surface area contributed by atoms with Crippen LogP contribution in [0.3, 0.4) is 0 Å². The molecule has 21 heavy (non-hydrogen) atoms. The Balaban J connectivity index is 2.95. The Hall–Kier alpha value is -1.56. The highest BCUT2D eigenvalue weighted by atomic mass is 79.9. The first-order valence-electron chi connectivity index (χ1n) is 6.56. The number of ether oxygens (including phenoxy) is 1. The second-order valence-corrected chi connectivity index (χ2v) is 6.71. The number of benzene rings is 1. The summed E-state index contributed by atoms with van der Waals surface area (Å²) in [6.07, 6.45) is -0.835. The van der Waals surface area contributed by atoms with Crippen LogP contribution in [0.2, 0.25) is 0 Å². The summed E-state index contributed by atoms with van der Waals surface area (Å²) in [5.41, 5.74) is 1.02. The number of nitrogens with one attached hydrogen (secondary N) is 1. The first-order chi connectivity index (χ1) is 9.58. The van der Waals surface area contributed by atoms with Gasteiger partial charge in [0, 0.05) is 4.47 Å². The lowest BCUT2D eigenvalue weighted by Crippen LogP contribution is -2.36. The zero-order chi connectivity index (χ0) is 16.2. The molecule has 1 rings (SSSR count). The molecular weight excluding hydrogens is 338 g/mol. The van der Waals surface area contributed by atoms with Gasteiger partial charge in [0.15, 0.2) is 0 Å². The normalized spacial score (nSPS) is 12.6. The number of amides is 1. The van der Waals surface area contributed by atoms with Crippen molar-refractivity contribution >= 4 is 28.0 Å². The van der Waals surface area contributed by atoms with Crippen LogP contribution in [0.5, 0.6) is 0 Å². The molecule has 0 saturated carbocycles. The molecule has 2 N–H and O–H groups in total. The molecule has 0 fully saturated rings. The molecule has 0 spiro atoms. The molecule has 0 heterocycles. The average molecular weight is 358 g/mol. The highest BCUT2D eigenvalue weighted by Crippen LogP contribution is 2.24. The number of rotatable bonds is 4. The maximum Gasteiger partial charge on any atom is 0.408 e. The van der Waals surface area contributed by atoms with Gasteiger partial charge in [0.25, 0.3) is 0 Å². The Morgan fingerprint density at radius 1 is 1.38 bits per heavy atom. The minimum atomic E-state index is -0.988. The summed E-state index contributed by atoms with van der Waals surface area (Å²) in [5, 5.41) is 11.7. The summed E-state index contributed by atoms with van der Waals surface area (Å²) >= 11 is 3.36. The molecule has 5 nitrogen and oxygen atoms in total. The third kappa shape index (κ3) is 6.16. The van der Waals surface area contributed by atoms with Crippen molar-refractivity contribution in [3.8, 4) is 0 Å². The highest BCUT2D eigenvalue weighted by Gasteiger charge is 2.23. The van der Waals surface area contributed by atoms with Crippen LogP contribution in [0.4, 0.5) is 4.79 Å². The quantitative estimate of drug-likeness (QED) is 0.859. The van der Waals surface area contributed by atoms with Crippen molar-refractivity contribution in [2.24, 2.45) is 0 Å². The van der Waals surface area contributed by atoms with Gasteiger partial charge in [-0.3, -0.25) is 4.79 Å². The Bertz CT molecular complexity index is 537. The Morgan fingerprint density at radius 2 is 2.00 bits per heavy atom. The summed E-state index contributed by atoms with van der Waals surface area (Å²) in [6, 6.07) is 4.85. The molecule has 0 aromatic heterocycles. The molecule has 116 valence electrons. The van der Waals surface area contributed by atoms with Crippen molar-refractivity contribution in [3.63, 3.8) is 0 Å². The first kappa shape index (κ1) is 17.5. The third-order valence-corrected chi connectivity index (χ3v) is 3.17. The molecule has 1 aromatic rings. The van der Waals surface area contributed by atoms with Gasteiger partial charge >= 0.3 is 12.1 Å². The van der Waals surface area contributed by atoms with Crippen LogP contribution < -0.4 is 5.32 Å². The molecule has 0 radical (unpaired) electrons. The highest BCUT2D eigenvalue weighted by molar-refractivity contribution is 9.10. The number of carbonyl (C=O) groups is 2. The van der Waals surface area contributed by atoms with Crippen LogP contribution in [0.1, 0.15) is 44.4 Å². The molecule has 0 aliphatic heterocycles. The zero-order valence-electron chi connectivity index (χ0n) is 12.6. The lowest BCUT2D eigenvalue weighted by molar-refractivity contribution is -0.137. The Labute approximate surface area is 132 Å². The lowest BCUT2D eigenvalue weighted by Gasteiger charge is -2.24. The molecule has 0 bridgehead atoms. The fourth-order valence-corrected chi connectivity index (χ4v) is 2.37.